The highest BCUT2D eigenvalue weighted by Gasteiger charge is 2.52. The molecule has 24 heavy (non-hydrogen) atoms. The molecule has 0 N–H and O–H groups in total. The molecule has 5 nitrogen and oxygen atoms in total. The van der Waals surface area contributed by atoms with Gasteiger partial charge in [-0.1, -0.05) is 23.7 Å². The van der Waals surface area contributed by atoms with Gasteiger partial charge in [-0.05, 0) is 45.4 Å². The Balaban J connectivity index is 1.84. The summed E-state index contributed by atoms with van der Waals surface area (Å²) in [5, 5.41) is 0.558. The summed E-state index contributed by atoms with van der Waals surface area (Å²) in [5.41, 5.74) is 0.586. The fraction of sp³-hybridized carbons (Fsp3) is 0.412. The number of nitrogens with zero attached hydrogens (tertiary/aromatic N) is 2. The van der Waals surface area contributed by atoms with Crippen molar-refractivity contribution in [3.63, 3.8) is 0 Å². The number of hydrogen-bond acceptors (Lipinski definition) is 4. The van der Waals surface area contributed by atoms with Gasteiger partial charge in [-0.25, -0.2) is 9.78 Å². The summed E-state index contributed by atoms with van der Waals surface area (Å²) in [6, 6.07) is 7.37. The van der Waals surface area contributed by atoms with Gasteiger partial charge < -0.3 is 9.31 Å². The molecule has 0 bridgehead atoms. The van der Waals surface area contributed by atoms with Gasteiger partial charge >= 0.3 is 12.8 Å². The van der Waals surface area contributed by atoms with Crippen LogP contribution in [0.5, 0.6) is 0 Å². The van der Waals surface area contributed by atoms with Crippen LogP contribution in [0.2, 0.25) is 5.02 Å². The highest BCUT2D eigenvalue weighted by Crippen LogP contribution is 2.37. The number of rotatable bonds is 3. The third-order valence-corrected chi connectivity index (χ3v) is 5.04. The fourth-order valence-electron chi connectivity index (χ4n) is 2.53. The molecule has 1 aliphatic rings. The first-order valence-corrected chi connectivity index (χ1v) is 8.23. The molecule has 3 rings (SSSR count). The fourth-order valence-corrected chi connectivity index (χ4v) is 2.83. The van der Waals surface area contributed by atoms with Crippen molar-refractivity contribution in [2.24, 2.45) is 0 Å². The van der Waals surface area contributed by atoms with Gasteiger partial charge in [0.2, 0.25) is 0 Å². The van der Waals surface area contributed by atoms with Crippen molar-refractivity contribution in [1.82, 2.24) is 9.55 Å². The Labute approximate surface area is 146 Å². The lowest BCUT2D eigenvalue weighted by molar-refractivity contribution is 0.00578. The van der Waals surface area contributed by atoms with Crippen molar-refractivity contribution in [1.29, 1.82) is 0 Å². The average molecular weight is 347 g/mol. The second-order valence-corrected chi connectivity index (χ2v) is 7.38. The summed E-state index contributed by atoms with van der Waals surface area (Å²) in [4.78, 5) is 15.5. The molecule has 1 aliphatic heterocycles. The zero-order chi connectivity index (χ0) is 17.5. The standard InChI is InChI=1S/C17H20BClN2O3/c1-16(2)17(3,4)24-18(23-16)13-7-6-12(10-14(13)19)11-21-9-5-8-20-15(21)22/h5-10H,11H2,1-4H3. The molecule has 1 aromatic carbocycles. The van der Waals surface area contributed by atoms with E-state index in [-0.39, 0.29) is 5.69 Å². The van der Waals surface area contributed by atoms with Crippen LogP contribution in [-0.4, -0.2) is 27.9 Å². The summed E-state index contributed by atoms with van der Waals surface area (Å²) in [7, 11) is -0.502. The van der Waals surface area contributed by atoms with Gasteiger partial charge in [0.15, 0.2) is 0 Å². The van der Waals surface area contributed by atoms with Crippen LogP contribution in [0.1, 0.15) is 33.3 Å². The Morgan fingerprint density at radius 3 is 2.46 bits per heavy atom. The Kier molecular flexibility index (Phi) is 4.32. The summed E-state index contributed by atoms with van der Waals surface area (Å²) in [5.74, 6) is 0. The molecule has 0 amide bonds. The normalized spacial score (nSPS) is 18.8. The van der Waals surface area contributed by atoms with E-state index in [0.717, 1.165) is 11.0 Å². The van der Waals surface area contributed by atoms with Crippen LogP contribution in [0, 0.1) is 0 Å². The van der Waals surface area contributed by atoms with Crippen LogP contribution < -0.4 is 11.2 Å². The van der Waals surface area contributed by atoms with Gasteiger partial charge in [-0.3, -0.25) is 4.57 Å². The zero-order valence-corrected chi connectivity index (χ0v) is 15.0. The molecule has 1 saturated heterocycles. The largest absolute Gasteiger partial charge is 0.496 e. The third-order valence-electron chi connectivity index (χ3n) is 4.71. The van der Waals surface area contributed by atoms with Crippen molar-refractivity contribution < 1.29 is 9.31 Å². The van der Waals surface area contributed by atoms with E-state index in [1.807, 2.05) is 45.9 Å². The Bertz CT molecular complexity index is 803. The number of aromatic nitrogens is 2. The Morgan fingerprint density at radius 2 is 1.88 bits per heavy atom. The van der Waals surface area contributed by atoms with Crippen LogP contribution in [0.4, 0.5) is 0 Å². The van der Waals surface area contributed by atoms with Gasteiger partial charge in [-0.2, -0.15) is 0 Å². The molecule has 0 radical (unpaired) electrons. The molecule has 7 heteroatoms. The SMILES string of the molecule is CC1(C)OB(c2ccc(Cn3cccnc3=O)cc2Cl)OC1(C)C. The average Bonchev–Trinajstić information content (AvgIpc) is 2.70. The minimum absolute atomic E-state index is 0.288. The van der Waals surface area contributed by atoms with Crippen molar-refractivity contribution in [3.05, 3.63) is 57.7 Å². The summed E-state index contributed by atoms with van der Waals surface area (Å²) >= 11 is 6.44. The van der Waals surface area contributed by atoms with Crippen molar-refractivity contribution in [2.45, 2.75) is 45.4 Å². The van der Waals surface area contributed by atoms with Crippen molar-refractivity contribution in [2.75, 3.05) is 0 Å². The predicted octanol–water partition coefficient (Wildman–Crippen LogP) is 2.24. The first-order valence-electron chi connectivity index (χ1n) is 7.85. The topological polar surface area (TPSA) is 53.4 Å². The highest BCUT2D eigenvalue weighted by atomic mass is 35.5. The van der Waals surface area contributed by atoms with Gasteiger partial charge in [0, 0.05) is 22.9 Å². The molecule has 2 aromatic rings. The molecular formula is C17H20BClN2O3. The van der Waals surface area contributed by atoms with Crippen molar-refractivity contribution >= 4 is 24.2 Å². The van der Waals surface area contributed by atoms with E-state index in [1.54, 1.807) is 12.3 Å². The number of halogens is 1. The van der Waals surface area contributed by atoms with E-state index in [4.69, 9.17) is 20.9 Å². The maximum absolute atomic E-state index is 11.7. The third kappa shape index (κ3) is 3.14. The summed E-state index contributed by atoms with van der Waals surface area (Å²) in [6.07, 6.45) is 3.18. The highest BCUT2D eigenvalue weighted by molar-refractivity contribution is 6.65. The van der Waals surface area contributed by atoms with Crippen molar-refractivity contribution in [3.8, 4) is 0 Å². The van der Waals surface area contributed by atoms with E-state index in [2.05, 4.69) is 4.98 Å². The molecule has 126 valence electrons. The van der Waals surface area contributed by atoms with Gasteiger partial charge in [0.05, 0.1) is 17.7 Å². The number of hydrogen-bond donors (Lipinski definition) is 0. The van der Waals surface area contributed by atoms with Gasteiger partial charge in [0.25, 0.3) is 0 Å². The monoisotopic (exact) mass is 346 g/mol. The molecule has 2 heterocycles. The van der Waals surface area contributed by atoms with Crippen LogP contribution >= 0.6 is 11.6 Å². The predicted molar refractivity (Wildman–Crippen MR) is 94.8 cm³/mol. The quantitative estimate of drug-likeness (QED) is 0.800. The van der Waals surface area contributed by atoms with E-state index in [9.17, 15) is 4.79 Å². The lowest BCUT2D eigenvalue weighted by Gasteiger charge is -2.32. The van der Waals surface area contributed by atoms with E-state index in [1.165, 1.54) is 10.8 Å². The van der Waals surface area contributed by atoms with Crippen LogP contribution in [-0.2, 0) is 15.9 Å². The maximum Gasteiger partial charge on any atom is 0.496 e. The molecule has 1 fully saturated rings. The molecule has 0 saturated carbocycles. The molecule has 1 aromatic heterocycles. The summed E-state index contributed by atoms with van der Waals surface area (Å²) < 4.78 is 13.6. The second-order valence-electron chi connectivity index (χ2n) is 6.97. The smallest absolute Gasteiger partial charge is 0.399 e. The van der Waals surface area contributed by atoms with E-state index >= 15 is 0 Å². The van der Waals surface area contributed by atoms with Crippen LogP contribution in [0.3, 0.4) is 0 Å². The molecule has 0 spiro atoms. The van der Waals surface area contributed by atoms with Gasteiger partial charge in [0.1, 0.15) is 0 Å². The summed E-state index contributed by atoms with van der Waals surface area (Å²) in [6.45, 7) is 8.43. The van der Waals surface area contributed by atoms with E-state index < -0.39 is 18.3 Å². The maximum atomic E-state index is 11.7. The molecule has 0 aliphatic carbocycles. The Morgan fingerprint density at radius 1 is 1.21 bits per heavy atom. The first-order chi connectivity index (χ1) is 11.2. The number of benzene rings is 1. The minimum Gasteiger partial charge on any atom is -0.399 e. The second kappa shape index (κ2) is 6.03. The lowest BCUT2D eigenvalue weighted by atomic mass is 9.78. The lowest BCUT2D eigenvalue weighted by Crippen LogP contribution is -2.41. The Hall–Kier alpha value is -1.63. The zero-order valence-electron chi connectivity index (χ0n) is 14.2. The molecule has 0 atom stereocenters. The van der Waals surface area contributed by atoms with Crippen LogP contribution in [0.15, 0.2) is 41.5 Å². The minimum atomic E-state index is -0.502. The molecular weight excluding hydrogens is 326 g/mol. The molecule has 0 unspecified atom stereocenters. The van der Waals surface area contributed by atoms with Crippen LogP contribution in [0.25, 0.3) is 0 Å². The van der Waals surface area contributed by atoms with Gasteiger partial charge in [-0.15, -0.1) is 0 Å². The van der Waals surface area contributed by atoms with E-state index in [0.29, 0.717) is 11.6 Å². The first kappa shape index (κ1) is 17.2.